The summed E-state index contributed by atoms with van der Waals surface area (Å²) < 4.78 is 0. The van der Waals surface area contributed by atoms with E-state index in [1.807, 2.05) is 13.0 Å². The Morgan fingerprint density at radius 1 is 1.37 bits per heavy atom. The first-order valence-corrected chi connectivity index (χ1v) is 5.78. The van der Waals surface area contributed by atoms with Crippen LogP contribution in [0.4, 0.5) is 5.69 Å². The van der Waals surface area contributed by atoms with Gasteiger partial charge in [0, 0.05) is 0 Å². The number of aliphatic carboxylic acids is 1. The second kappa shape index (κ2) is 4.47. The topological polar surface area (TPSA) is 101 Å². The van der Waals surface area contributed by atoms with Crippen LogP contribution in [0.5, 0.6) is 0 Å². The van der Waals surface area contributed by atoms with Crippen LogP contribution in [0, 0.1) is 13.8 Å². The van der Waals surface area contributed by atoms with Gasteiger partial charge < -0.3 is 15.7 Å². The average molecular weight is 262 g/mol. The Balaban J connectivity index is 2.47. The van der Waals surface area contributed by atoms with E-state index >= 15 is 0 Å². The Kier molecular flexibility index (Phi) is 3.11. The number of carboxylic acids is 1. The lowest BCUT2D eigenvalue weighted by Gasteiger charge is -2.20. The smallest absolute Gasteiger partial charge is 0.322 e. The molecule has 0 aromatic heterocycles. The molecule has 6 nitrogen and oxygen atoms in total. The number of carbonyl (C=O) groups is 3. The summed E-state index contributed by atoms with van der Waals surface area (Å²) in [6, 6.07) is 2.25. The van der Waals surface area contributed by atoms with E-state index < -0.39 is 23.7 Å². The lowest BCUT2D eigenvalue weighted by Crippen LogP contribution is -2.45. The molecule has 6 heteroatoms. The highest BCUT2D eigenvalue weighted by molar-refractivity contribution is 6.52. The predicted molar refractivity (Wildman–Crippen MR) is 68.2 cm³/mol. The molecule has 0 aliphatic carbocycles. The van der Waals surface area contributed by atoms with Gasteiger partial charge in [-0.25, -0.2) is 0 Å². The maximum absolute atomic E-state index is 11.9. The number of nitrogens with two attached hydrogens (primary N) is 1. The van der Waals surface area contributed by atoms with Crippen molar-refractivity contribution in [3.8, 4) is 0 Å². The maximum atomic E-state index is 11.9. The fraction of sp³-hybridized carbons (Fsp3) is 0.308. The molecule has 0 saturated heterocycles. The standard InChI is InChI=1S/C13H14N2O4/c1-6-3-7(2)10-8(4-6)11(16)12(17)15(10)5-9(14)13(18)19/h3-4,9H,5,14H2,1-2H3,(H,18,19). The Morgan fingerprint density at radius 2 is 2.00 bits per heavy atom. The number of carboxylic acid groups (broad SMARTS) is 1. The fourth-order valence-electron chi connectivity index (χ4n) is 2.28. The summed E-state index contributed by atoms with van der Waals surface area (Å²) in [6.07, 6.45) is 0. The minimum absolute atomic E-state index is 0.212. The molecular weight excluding hydrogens is 248 g/mol. The van der Waals surface area contributed by atoms with Crippen molar-refractivity contribution in [2.45, 2.75) is 19.9 Å². The largest absolute Gasteiger partial charge is 0.480 e. The summed E-state index contributed by atoms with van der Waals surface area (Å²) in [4.78, 5) is 35.7. The van der Waals surface area contributed by atoms with Crippen LogP contribution in [0.15, 0.2) is 12.1 Å². The Labute approximate surface area is 109 Å². The van der Waals surface area contributed by atoms with Gasteiger partial charge in [0.2, 0.25) is 0 Å². The third-order valence-corrected chi connectivity index (χ3v) is 3.10. The number of benzene rings is 1. The monoisotopic (exact) mass is 262 g/mol. The first-order valence-electron chi connectivity index (χ1n) is 5.78. The zero-order valence-corrected chi connectivity index (χ0v) is 10.6. The number of fused-ring (bicyclic) bond motifs is 1. The minimum atomic E-state index is -1.22. The molecule has 0 bridgehead atoms. The van der Waals surface area contributed by atoms with E-state index in [1.54, 1.807) is 13.0 Å². The van der Waals surface area contributed by atoms with Crippen LogP contribution in [-0.2, 0) is 9.59 Å². The molecule has 0 spiro atoms. The van der Waals surface area contributed by atoms with Crippen molar-refractivity contribution in [2.75, 3.05) is 11.4 Å². The van der Waals surface area contributed by atoms with Gasteiger partial charge >= 0.3 is 5.97 Å². The van der Waals surface area contributed by atoms with Crippen LogP contribution in [0.3, 0.4) is 0 Å². The molecule has 1 amide bonds. The van der Waals surface area contributed by atoms with Gasteiger partial charge in [0.15, 0.2) is 0 Å². The Bertz CT molecular complexity index is 595. The van der Waals surface area contributed by atoms with Crippen molar-refractivity contribution < 1.29 is 19.5 Å². The van der Waals surface area contributed by atoms with Crippen molar-refractivity contribution in [3.63, 3.8) is 0 Å². The molecule has 1 aromatic rings. The third-order valence-electron chi connectivity index (χ3n) is 3.10. The van der Waals surface area contributed by atoms with Crippen LogP contribution in [0.25, 0.3) is 0 Å². The molecule has 2 rings (SSSR count). The number of nitrogens with zero attached hydrogens (tertiary/aromatic N) is 1. The van der Waals surface area contributed by atoms with Crippen LogP contribution in [0.2, 0.25) is 0 Å². The normalized spacial score (nSPS) is 15.6. The highest BCUT2D eigenvalue weighted by Crippen LogP contribution is 2.33. The molecule has 1 atom stereocenters. The number of hydrogen-bond donors (Lipinski definition) is 2. The van der Waals surface area contributed by atoms with Crippen molar-refractivity contribution in [2.24, 2.45) is 5.73 Å². The maximum Gasteiger partial charge on any atom is 0.322 e. The van der Waals surface area contributed by atoms with Gasteiger partial charge in [0.1, 0.15) is 6.04 Å². The van der Waals surface area contributed by atoms with E-state index in [-0.39, 0.29) is 6.54 Å². The van der Waals surface area contributed by atoms with Gasteiger partial charge in [0.25, 0.3) is 11.7 Å². The number of carbonyl (C=O) groups excluding carboxylic acids is 2. The quantitative estimate of drug-likeness (QED) is 0.760. The molecule has 19 heavy (non-hydrogen) atoms. The van der Waals surface area contributed by atoms with Crippen LogP contribution >= 0.6 is 0 Å². The zero-order chi connectivity index (χ0) is 14.3. The SMILES string of the molecule is Cc1cc(C)c2c(c1)C(=O)C(=O)N2CC(N)C(=O)O. The molecule has 1 aliphatic rings. The molecule has 0 radical (unpaired) electrons. The molecule has 0 saturated carbocycles. The molecule has 1 aromatic carbocycles. The van der Waals surface area contributed by atoms with Gasteiger partial charge in [-0.15, -0.1) is 0 Å². The zero-order valence-electron chi connectivity index (χ0n) is 10.6. The summed E-state index contributed by atoms with van der Waals surface area (Å²) in [5, 5.41) is 8.81. The number of anilines is 1. The molecule has 1 aliphatic heterocycles. The van der Waals surface area contributed by atoms with Crippen LogP contribution in [0.1, 0.15) is 21.5 Å². The molecule has 3 N–H and O–H groups in total. The number of amides is 1. The summed E-state index contributed by atoms with van der Waals surface area (Å²) in [5.41, 5.74) is 7.86. The number of hydrogen-bond acceptors (Lipinski definition) is 4. The van der Waals surface area contributed by atoms with E-state index in [9.17, 15) is 14.4 Å². The average Bonchev–Trinajstić information content (AvgIpc) is 2.54. The third kappa shape index (κ3) is 2.10. The number of aryl methyl sites for hydroxylation is 2. The highest BCUT2D eigenvalue weighted by atomic mass is 16.4. The minimum Gasteiger partial charge on any atom is -0.480 e. The summed E-state index contributed by atoms with van der Waals surface area (Å²) in [7, 11) is 0. The van der Waals surface area contributed by atoms with Gasteiger partial charge in [-0.1, -0.05) is 6.07 Å². The Hall–Kier alpha value is -2.21. The van der Waals surface area contributed by atoms with E-state index in [4.69, 9.17) is 10.8 Å². The second-order valence-corrected chi connectivity index (χ2v) is 4.67. The van der Waals surface area contributed by atoms with Crippen LogP contribution in [-0.4, -0.2) is 35.4 Å². The van der Waals surface area contributed by atoms with Gasteiger partial charge in [-0.3, -0.25) is 14.4 Å². The fourth-order valence-corrected chi connectivity index (χ4v) is 2.28. The molecular formula is C13H14N2O4. The number of Topliss-reactive ketones (excluding diaryl/α,β-unsaturated/α-hetero) is 1. The number of rotatable bonds is 3. The van der Waals surface area contributed by atoms with E-state index in [2.05, 4.69) is 0 Å². The van der Waals surface area contributed by atoms with Gasteiger partial charge in [-0.05, 0) is 31.0 Å². The van der Waals surface area contributed by atoms with Crippen molar-refractivity contribution in [1.29, 1.82) is 0 Å². The molecule has 0 fully saturated rings. The number of ketones is 1. The second-order valence-electron chi connectivity index (χ2n) is 4.67. The molecule has 1 unspecified atom stereocenters. The van der Waals surface area contributed by atoms with Crippen molar-refractivity contribution >= 4 is 23.3 Å². The van der Waals surface area contributed by atoms with E-state index in [1.165, 1.54) is 0 Å². The van der Waals surface area contributed by atoms with Crippen molar-refractivity contribution in [1.82, 2.24) is 0 Å². The van der Waals surface area contributed by atoms with E-state index in [0.29, 0.717) is 11.3 Å². The first-order chi connectivity index (χ1) is 8.82. The summed E-state index contributed by atoms with van der Waals surface area (Å²) >= 11 is 0. The van der Waals surface area contributed by atoms with Gasteiger partial charge in [-0.2, -0.15) is 0 Å². The Morgan fingerprint density at radius 3 is 2.58 bits per heavy atom. The molecule has 100 valence electrons. The predicted octanol–water partition coefficient (Wildman–Crippen LogP) is 0.245. The molecule has 1 heterocycles. The van der Waals surface area contributed by atoms with Gasteiger partial charge in [0.05, 0.1) is 17.8 Å². The first kappa shape index (κ1) is 13.2. The van der Waals surface area contributed by atoms with E-state index in [0.717, 1.165) is 16.0 Å². The lowest BCUT2D eigenvalue weighted by atomic mass is 10.0. The lowest BCUT2D eigenvalue weighted by molar-refractivity contribution is -0.138. The van der Waals surface area contributed by atoms with Crippen molar-refractivity contribution in [3.05, 3.63) is 28.8 Å². The highest BCUT2D eigenvalue weighted by Gasteiger charge is 2.38. The summed E-state index contributed by atoms with van der Waals surface area (Å²) in [5.74, 6) is -2.54. The summed E-state index contributed by atoms with van der Waals surface area (Å²) in [6.45, 7) is 3.39. The van der Waals surface area contributed by atoms with Crippen LogP contribution < -0.4 is 10.6 Å².